The van der Waals surface area contributed by atoms with Crippen LogP contribution >= 0.6 is 0 Å². The molecule has 0 bridgehead atoms. The highest BCUT2D eigenvalue weighted by atomic mass is 19.1. The van der Waals surface area contributed by atoms with Gasteiger partial charge >= 0.3 is 0 Å². The first-order valence-corrected chi connectivity index (χ1v) is 7.39. The number of hydrogen-bond acceptors (Lipinski definition) is 2. The second kappa shape index (κ2) is 7.61. The van der Waals surface area contributed by atoms with Crippen LogP contribution in [0.2, 0.25) is 0 Å². The van der Waals surface area contributed by atoms with E-state index in [1.807, 2.05) is 6.07 Å². The quantitative estimate of drug-likeness (QED) is 0.847. The smallest absolute Gasteiger partial charge is 0.128 e. The van der Waals surface area contributed by atoms with Gasteiger partial charge in [0.15, 0.2) is 0 Å². The van der Waals surface area contributed by atoms with Crippen LogP contribution in [0.3, 0.4) is 0 Å². The van der Waals surface area contributed by atoms with Crippen LogP contribution in [0.25, 0.3) is 0 Å². The zero-order valence-corrected chi connectivity index (χ0v) is 11.7. The van der Waals surface area contributed by atoms with Crippen molar-refractivity contribution in [3.63, 3.8) is 0 Å². The van der Waals surface area contributed by atoms with Gasteiger partial charge in [-0.15, -0.1) is 0 Å². The Morgan fingerprint density at radius 2 is 2.05 bits per heavy atom. The fourth-order valence-electron chi connectivity index (χ4n) is 2.67. The number of halogens is 1. The third kappa shape index (κ3) is 4.29. The minimum atomic E-state index is -0.170. The monoisotopic (exact) mass is 265 g/mol. The van der Waals surface area contributed by atoms with Crippen LogP contribution in [0.4, 0.5) is 4.39 Å². The first kappa shape index (κ1) is 14.5. The van der Waals surface area contributed by atoms with E-state index in [4.69, 9.17) is 4.74 Å². The van der Waals surface area contributed by atoms with E-state index in [9.17, 15) is 4.39 Å². The maximum absolute atomic E-state index is 13.5. The van der Waals surface area contributed by atoms with Crippen LogP contribution < -0.4 is 5.32 Å². The molecule has 2 atom stereocenters. The van der Waals surface area contributed by atoms with Crippen LogP contribution in [0, 0.1) is 5.82 Å². The van der Waals surface area contributed by atoms with Gasteiger partial charge in [0, 0.05) is 11.6 Å². The van der Waals surface area contributed by atoms with Crippen molar-refractivity contribution in [3.05, 3.63) is 35.6 Å². The number of benzene rings is 1. The molecule has 0 amide bonds. The second-order valence-electron chi connectivity index (χ2n) is 5.29. The van der Waals surface area contributed by atoms with Crippen molar-refractivity contribution in [2.45, 2.75) is 57.8 Å². The molecule has 1 N–H and O–H groups in total. The predicted molar refractivity (Wildman–Crippen MR) is 75.5 cm³/mol. The third-order valence-electron chi connectivity index (χ3n) is 3.77. The normalized spacial score (nSPS) is 23.5. The summed E-state index contributed by atoms with van der Waals surface area (Å²) >= 11 is 0. The molecule has 1 aliphatic rings. The lowest BCUT2D eigenvalue weighted by Gasteiger charge is -2.32. The van der Waals surface area contributed by atoms with E-state index in [-0.39, 0.29) is 11.9 Å². The van der Waals surface area contributed by atoms with E-state index in [0.717, 1.165) is 19.4 Å². The maximum Gasteiger partial charge on any atom is 0.128 e. The molecule has 1 aromatic carbocycles. The predicted octanol–water partition coefficient (Wildman–Crippen LogP) is 3.65. The molecule has 106 valence electrons. The molecule has 0 aromatic heterocycles. The second-order valence-corrected chi connectivity index (χ2v) is 5.29. The Labute approximate surface area is 115 Å². The lowest BCUT2D eigenvalue weighted by molar-refractivity contribution is -0.00644. The molecule has 2 rings (SSSR count). The highest BCUT2D eigenvalue weighted by Gasteiger charge is 2.25. The van der Waals surface area contributed by atoms with E-state index in [1.54, 1.807) is 12.1 Å². The molecule has 1 saturated carbocycles. The van der Waals surface area contributed by atoms with Crippen molar-refractivity contribution in [1.29, 1.82) is 0 Å². The Kier molecular flexibility index (Phi) is 5.80. The molecule has 1 aliphatic carbocycles. The molecule has 19 heavy (non-hydrogen) atoms. The molecule has 2 unspecified atom stereocenters. The molecule has 0 spiro atoms. The molecular formula is C16H24FNO. The van der Waals surface area contributed by atoms with Gasteiger partial charge in [-0.2, -0.15) is 0 Å². The molecule has 3 heteroatoms. The Morgan fingerprint density at radius 1 is 1.26 bits per heavy atom. The minimum Gasteiger partial charge on any atom is -0.372 e. The molecule has 0 radical (unpaired) electrons. The summed E-state index contributed by atoms with van der Waals surface area (Å²) in [4.78, 5) is 0. The number of rotatable bonds is 6. The van der Waals surface area contributed by atoms with Crippen LogP contribution in [-0.4, -0.2) is 18.7 Å². The van der Waals surface area contributed by atoms with Crippen molar-refractivity contribution in [2.24, 2.45) is 0 Å². The van der Waals surface area contributed by atoms with Crippen molar-refractivity contribution in [3.8, 4) is 0 Å². The summed E-state index contributed by atoms with van der Waals surface area (Å²) < 4.78 is 19.5. The van der Waals surface area contributed by atoms with Crippen LogP contribution in [0.15, 0.2) is 24.3 Å². The van der Waals surface area contributed by atoms with Crippen LogP contribution in [0.5, 0.6) is 0 Å². The zero-order valence-electron chi connectivity index (χ0n) is 11.7. The molecule has 1 fully saturated rings. The summed E-state index contributed by atoms with van der Waals surface area (Å²) in [5.41, 5.74) is 0.655. The number of hydrogen-bond donors (Lipinski definition) is 1. The summed E-state index contributed by atoms with van der Waals surface area (Å²) in [6, 6.07) is 7.29. The van der Waals surface area contributed by atoms with Gasteiger partial charge in [-0.25, -0.2) is 4.39 Å². The Morgan fingerprint density at radius 3 is 2.84 bits per heavy atom. The van der Waals surface area contributed by atoms with Gasteiger partial charge in [-0.3, -0.25) is 0 Å². The minimum absolute atomic E-state index is 0.170. The van der Waals surface area contributed by atoms with Gasteiger partial charge in [0.25, 0.3) is 0 Å². The Bertz CT molecular complexity index is 383. The van der Waals surface area contributed by atoms with Gasteiger partial charge in [0.2, 0.25) is 0 Å². The summed E-state index contributed by atoms with van der Waals surface area (Å²) in [7, 11) is 0. The van der Waals surface area contributed by atoms with Crippen molar-refractivity contribution >= 4 is 0 Å². The zero-order chi connectivity index (χ0) is 13.5. The molecule has 2 nitrogen and oxygen atoms in total. The lowest BCUT2D eigenvalue weighted by Crippen LogP contribution is -2.43. The molecule has 1 aromatic rings. The van der Waals surface area contributed by atoms with Crippen LogP contribution in [-0.2, 0) is 11.3 Å². The van der Waals surface area contributed by atoms with Gasteiger partial charge in [0.05, 0.1) is 12.7 Å². The summed E-state index contributed by atoms with van der Waals surface area (Å²) in [5, 5.41) is 3.55. The molecule has 0 aliphatic heterocycles. The average Bonchev–Trinajstić information content (AvgIpc) is 2.45. The van der Waals surface area contributed by atoms with Gasteiger partial charge in [-0.05, 0) is 31.9 Å². The van der Waals surface area contributed by atoms with Crippen LogP contribution in [0.1, 0.15) is 44.6 Å². The highest BCUT2D eigenvalue weighted by molar-refractivity contribution is 5.16. The topological polar surface area (TPSA) is 21.3 Å². The van der Waals surface area contributed by atoms with Gasteiger partial charge in [0.1, 0.15) is 5.82 Å². The van der Waals surface area contributed by atoms with E-state index in [2.05, 4.69) is 12.2 Å². The largest absolute Gasteiger partial charge is 0.372 e. The number of ether oxygens (including phenoxy) is 1. The fourth-order valence-corrected chi connectivity index (χ4v) is 2.67. The van der Waals surface area contributed by atoms with Crippen molar-refractivity contribution in [2.75, 3.05) is 6.54 Å². The Hall–Kier alpha value is -0.930. The first-order valence-electron chi connectivity index (χ1n) is 7.39. The third-order valence-corrected chi connectivity index (χ3v) is 3.77. The summed E-state index contributed by atoms with van der Waals surface area (Å²) in [5.74, 6) is -0.170. The van der Waals surface area contributed by atoms with E-state index >= 15 is 0 Å². The van der Waals surface area contributed by atoms with Crippen molar-refractivity contribution in [1.82, 2.24) is 5.32 Å². The highest BCUT2D eigenvalue weighted by Crippen LogP contribution is 2.22. The lowest BCUT2D eigenvalue weighted by atomic mass is 9.92. The number of nitrogens with one attached hydrogen (secondary N) is 1. The maximum atomic E-state index is 13.5. The van der Waals surface area contributed by atoms with E-state index < -0.39 is 0 Å². The molecule has 0 heterocycles. The fraction of sp³-hybridized carbons (Fsp3) is 0.625. The van der Waals surface area contributed by atoms with Gasteiger partial charge in [-0.1, -0.05) is 38.0 Å². The summed E-state index contributed by atoms with van der Waals surface area (Å²) in [6.45, 7) is 3.58. The summed E-state index contributed by atoms with van der Waals surface area (Å²) in [6.07, 6.45) is 6.08. The first-order chi connectivity index (χ1) is 9.31. The van der Waals surface area contributed by atoms with E-state index in [0.29, 0.717) is 18.2 Å². The van der Waals surface area contributed by atoms with Gasteiger partial charge < -0.3 is 10.1 Å². The average molecular weight is 265 g/mol. The molecule has 0 saturated heterocycles. The standard InChI is InChI=1S/C16H24FNO/c1-2-11-18-15-9-5-6-10-16(15)19-12-13-7-3-4-8-14(13)17/h3-4,7-8,15-16,18H,2,5-6,9-12H2,1H3. The SMILES string of the molecule is CCCNC1CCCCC1OCc1ccccc1F. The van der Waals surface area contributed by atoms with E-state index in [1.165, 1.54) is 25.3 Å². The van der Waals surface area contributed by atoms with Crippen molar-refractivity contribution < 1.29 is 9.13 Å². The molecular weight excluding hydrogens is 241 g/mol. The Balaban J connectivity index is 1.87.